The molecule has 1 saturated heterocycles. The Labute approximate surface area is 184 Å². The average Bonchev–Trinajstić information content (AvgIpc) is 2.72. The molecule has 0 aliphatic carbocycles. The van der Waals surface area contributed by atoms with Crippen molar-refractivity contribution in [1.29, 1.82) is 5.26 Å². The molecule has 0 aromatic heterocycles. The lowest BCUT2D eigenvalue weighted by molar-refractivity contribution is -0.137. The molecule has 0 radical (unpaired) electrons. The maximum absolute atomic E-state index is 13.3. The van der Waals surface area contributed by atoms with Crippen LogP contribution in [0.3, 0.4) is 0 Å². The number of hydrogen-bond acceptors (Lipinski definition) is 6. The number of sulfone groups is 2. The number of rotatable bonds is 4. The van der Waals surface area contributed by atoms with Crippen LogP contribution in [-0.2, 0) is 30.6 Å². The van der Waals surface area contributed by atoms with Crippen molar-refractivity contribution >= 4 is 19.7 Å². The van der Waals surface area contributed by atoms with Gasteiger partial charge in [-0.15, -0.1) is 0 Å². The lowest BCUT2D eigenvalue weighted by Gasteiger charge is -2.38. The number of nitrogens with zero attached hydrogens (tertiary/aromatic N) is 1. The third kappa shape index (κ3) is 4.53. The maximum atomic E-state index is 13.3. The van der Waals surface area contributed by atoms with Gasteiger partial charge in [-0.2, -0.15) is 18.4 Å². The van der Waals surface area contributed by atoms with Crippen LogP contribution in [0.2, 0.25) is 0 Å². The summed E-state index contributed by atoms with van der Waals surface area (Å²) in [4.78, 5) is -0.503. The van der Waals surface area contributed by atoms with Gasteiger partial charge in [-0.05, 0) is 55.7 Å². The van der Waals surface area contributed by atoms with Gasteiger partial charge in [0.05, 0.1) is 37.8 Å². The van der Waals surface area contributed by atoms with E-state index in [0.717, 1.165) is 24.5 Å². The van der Waals surface area contributed by atoms with Crippen molar-refractivity contribution in [2.45, 2.75) is 46.6 Å². The molecule has 0 amide bonds. The van der Waals surface area contributed by atoms with Crippen LogP contribution in [0.4, 0.5) is 13.2 Å². The summed E-state index contributed by atoms with van der Waals surface area (Å²) in [7, 11) is -7.76. The first-order valence-electron chi connectivity index (χ1n) is 9.47. The van der Waals surface area contributed by atoms with Crippen LogP contribution in [0.25, 0.3) is 0 Å². The van der Waals surface area contributed by atoms with E-state index in [-0.39, 0.29) is 29.9 Å². The Morgan fingerprint density at radius 2 is 1.78 bits per heavy atom. The fraction of sp³-hybridized carbons (Fsp3) is 0.381. The van der Waals surface area contributed by atoms with Crippen LogP contribution in [0.5, 0.6) is 0 Å². The van der Waals surface area contributed by atoms with Crippen LogP contribution in [0.15, 0.2) is 52.3 Å². The van der Waals surface area contributed by atoms with Gasteiger partial charge >= 0.3 is 6.18 Å². The third-order valence-electron chi connectivity index (χ3n) is 5.61. The molecule has 32 heavy (non-hydrogen) atoms. The summed E-state index contributed by atoms with van der Waals surface area (Å²) in [6.07, 6.45) is -4.60. The number of benzene rings is 2. The van der Waals surface area contributed by atoms with Crippen molar-refractivity contribution < 1.29 is 34.7 Å². The molecule has 1 heterocycles. The van der Waals surface area contributed by atoms with Gasteiger partial charge in [-0.3, -0.25) is 0 Å². The summed E-state index contributed by atoms with van der Waals surface area (Å²) in [6, 6.07) is 9.41. The normalized spacial score (nSPS) is 22.3. The highest BCUT2D eigenvalue weighted by atomic mass is 32.2. The number of ether oxygens (including phenoxy) is 1. The summed E-state index contributed by atoms with van der Waals surface area (Å²) in [5, 5.41) is 9.49. The topological polar surface area (TPSA) is 101 Å². The maximum Gasteiger partial charge on any atom is 0.416 e. The molecule has 0 saturated carbocycles. The predicted octanol–water partition coefficient (Wildman–Crippen LogP) is 4.06. The SMILES string of the molecule is CC1(S(=O)(=O)c2cccc(C(F)(F)F)c2)CCOC(c2ccc(S(C)(=O)=O)cc2C#N)C1. The van der Waals surface area contributed by atoms with E-state index >= 15 is 0 Å². The number of halogens is 3. The third-order valence-corrected chi connectivity index (χ3v) is 9.26. The molecule has 1 fully saturated rings. The molecule has 1 aliphatic rings. The van der Waals surface area contributed by atoms with Crippen LogP contribution in [-0.4, -0.2) is 34.4 Å². The Kier molecular flexibility index (Phi) is 6.19. The van der Waals surface area contributed by atoms with E-state index < -0.39 is 47.2 Å². The largest absolute Gasteiger partial charge is 0.416 e. The first-order chi connectivity index (χ1) is 14.7. The number of alkyl halides is 3. The van der Waals surface area contributed by atoms with Crippen molar-refractivity contribution in [1.82, 2.24) is 0 Å². The molecule has 172 valence electrons. The first-order valence-corrected chi connectivity index (χ1v) is 12.8. The standard InChI is InChI=1S/C21H20F3NO5S2/c1-20(32(28,29)17-5-3-4-15(11-17)21(22,23)24)8-9-30-19(12-20)18-7-6-16(31(2,26)27)10-14(18)13-25/h3-7,10-11,19H,8-9,12H2,1-2H3. The van der Waals surface area contributed by atoms with Crippen LogP contribution < -0.4 is 0 Å². The van der Waals surface area contributed by atoms with E-state index in [4.69, 9.17) is 4.74 Å². The second-order valence-corrected chi connectivity index (χ2v) is 12.4. The molecule has 6 nitrogen and oxygen atoms in total. The number of hydrogen-bond donors (Lipinski definition) is 0. The highest BCUT2D eigenvalue weighted by Gasteiger charge is 2.46. The monoisotopic (exact) mass is 487 g/mol. The summed E-state index contributed by atoms with van der Waals surface area (Å²) in [6.45, 7) is 1.44. The minimum Gasteiger partial charge on any atom is -0.373 e. The van der Waals surface area contributed by atoms with Gasteiger partial charge in [0.15, 0.2) is 19.7 Å². The van der Waals surface area contributed by atoms with Crippen molar-refractivity contribution in [2.24, 2.45) is 0 Å². The zero-order valence-corrected chi connectivity index (χ0v) is 18.8. The molecular formula is C21H20F3NO5S2. The van der Waals surface area contributed by atoms with E-state index in [9.17, 15) is 35.3 Å². The quantitative estimate of drug-likeness (QED) is 0.645. The molecule has 3 rings (SSSR count). The van der Waals surface area contributed by atoms with Crippen molar-refractivity contribution in [3.05, 3.63) is 59.2 Å². The fourth-order valence-corrected chi connectivity index (χ4v) is 6.16. The zero-order valence-electron chi connectivity index (χ0n) is 17.2. The highest BCUT2D eigenvalue weighted by Crippen LogP contribution is 2.43. The molecule has 1 aliphatic heterocycles. The van der Waals surface area contributed by atoms with Crippen LogP contribution in [0.1, 0.15) is 42.6 Å². The molecule has 0 spiro atoms. The molecule has 2 atom stereocenters. The second kappa shape index (κ2) is 8.17. The van der Waals surface area contributed by atoms with E-state index in [2.05, 4.69) is 0 Å². The molecule has 2 aromatic carbocycles. The molecular weight excluding hydrogens is 467 g/mol. The van der Waals surface area contributed by atoms with Crippen molar-refractivity contribution in [2.75, 3.05) is 12.9 Å². The van der Waals surface area contributed by atoms with Gasteiger partial charge in [-0.25, -0.2) is 16.8 Å². The van der Waals surface area contributed by atoms with Crippen LogP contribution >= 0.6 is 0 Å². The second-order valence-electron chi connectivity index (χ2n) is 7.93. The van der Waals surface area contributed by atoms with Gasteiger partial charge in [0.25, 0.3) is 0 Å². The van der Waals surface area contributed by atoms with Gasteiger partial charge in [0.1, 0.15) is 0 Å². The van der Waals surface area contributed by atoms with Gasteiger partial charge in [0.2, 0.25) is 0 Å². The average molecular weight is 488 g/mol. The summed E-state index contributed by atoms with van der Waals surface area (Å²) >= 11 is 0. The first kappa shape index (κ1) is 24.2. The Hall–Kier alpha value is -2.42. The smallest absolute Gasteiger partial charge is 0.373 e. The van der Waals surface area contributed by atoms with E-state index in [1.54, 1.807) is 0 Å². The Bertz CT molecular complexity index is 1300. The Morgan fingerprint density at radius 3 is 2.38 bits per heavy atom. The van der Waals surface area contributed by atoms with E-state index in [1.807, 2.05) is 6.07 Å². The summed E-state index contributed by atoms with van der Waals surface area (Å²) < 4.78 is 93.7. The van der Waals surface area contributed by atoms with Gasteiger partial charge in [-0.1, -0.05) is 12.1 Å². The van der Waals surface area contributed by atoms with Crippen molar-refractivity contribution in [3.8, 4) is 6.07 Å². The van der Waals surface area contributed by atoms with Crippen molar-refractivity contribution in [3.63, 3.8) is 0 Å². The zero-order chi connectivity index (χ0) is 23.9. The molecule has 2 unspecified atom stereocenters. The minimum atomic E-state index is -4.69. The molecule has 0 N–H and O–H groups in total. The molecule has 0 bridgehead atoms. The fourth-order valence-electron chi connectivity index (χ4n) is 3.68. The Morgan fingerprint density at radius 1 is 1.09 bits per heavy atom. The molecule has 11 heteroatoms. The van der Waals surface area contributed by atoms with Gasteiger partial charge in [0, 0.05) is 12.9 Å². The lowest BCUT2D eigenvalue weighted by atomic mass is 9.90. The Balaban J connectivity index is 2.00. The summed E-state index contributed by atoms with van der Waals surface area (Å²) in [5.41, 5.74) is -0.711. The van der Waals surface area contributed by atoms with E-state index in [0.29, 0.717) is 11.6 Å². The van der Waals surface area contributed by atoms with E-state index in [1.165, 1.54) is 25.1 Å². The minimum absolute atomic E-state index is 0.00193. The highest BCUT2D eigenvalue weighted by molar-refractivity contribution is 7.92. The lowest BCUT2D eigenvalue weighted by Crippen LogP contribution is -2.42. The van der Waals surface area contributed by atoms with Gasteiger partial charge < -0.3 is 4.74 Å². The number of nitriles is 1. The predicted molar refractivity (Wildman–Crippen MR) is 109 cm³/mol. The summed E-state index contributed by atoms with van der Waals surface area (Å²) in [5.74, 6) is 0. The molecule has 2 aromatic rings. The van der Waals surface area contributed by atoms with Crippen LogP contribution in [0, 0.1) is 11.3 Å².